The van der Waals surface area contributed by atoms with Crippen LogP contribution in [0, 0.1) is 0 Å². The van der Waals surface area contributed by atoms with Crippen LogP contribution in [0.5, 0.6) is 11.5 Å². The molecule has 1 amide bonds. The first-order valence-electron chi connectivity index (χ1n) is 8.84. The summed E-state index contributed by atoms with van der Waals surface area (Å²) in [6.45, 7) is 0.865. The monoisotopic (exact) mass is 402 g/mol. The lowest BCUT2D eigenvalue weighted by atomic mass is 10.1. The number of alkyl halides is 2. The van der Waals surface area contributed by atoms with Gasteiger partial charge in [-0.15, -0.1) is 0 Å². The van der Waals surface area contributed by atoms with Crippen LogP contribution in [0.15, 0.2) is 48.8 Å². The Morgan fingerprint density at radius 2 is 1.97 bits per heavy atom. The minimum absolute atomic E-state index is 0.0196. The maximum Gasteiger partial charge on any atom is 0.387 e. The number of hydrogen-bond donors (Lipinski definition) is 1. The molecule has 0 saturated heterocycles. The lowest BCUT2D eigenvalue weighted by Gasteiger charge is -2.14. The Morgan fingerprint density at radius 1 is 1.17 bits per heavy atom. The largest absolute Gasteiger partial charge is 0.493 e. The number of carbonyl (C=O) groups excluding carboxylic acids is 1. The summed E-state index contributed by atoms with van der Waals surface area (Å²) < 4.78 is 36.3. The highest BCUT2D eigenvalue weighted by atomic mass is 19.3. The number of hydrogen-bond acceptors (Lipinski definition) is 5. The van der Waals surface area contributed by atoms with E-state index in [2.05, 4.69) is 20.1 Å². The fourth-order valence-corrected chi connectivity index (χ4v) is 2.89. The average Bonchev–Trinajstić information content (AvgIpc) is 3.14. The highest BCUT2D eigenvalue weighted by Gasteiger charge is 2.22. The molecule has 152 valence electrons. The quantitative estimate of drug-likeness (QED) is 0.639. The lowest BCUT2D eigenvalue weighted by Crippen LogP contribution is -2.16. The molecule has 0 aliphatic heterocycles. The van der Waals surface area contributed by atoms with Crippen LogP contribution in [0.25, 0.3) is 5.82 Å². The molecule has 0 bridgehead atoms. The van der Waals surface area contributed by atoms with Crippen LogP contribution in [-0.2, 0) is 0 Å². The zero-order chi connectivity index (χ0) is 21.0. The number of methoxy groups -OCH3 is 1. The highest BCUT2D eigenvalue weighted by Crippen LogP contribution is 2.32. The molecule has 0 aliphatic rings. The third-order valence-electron chi connectivity index (χ3n) is 4.10. The van der Waals surface area contributed by atoms with Crippen molar-refractivity contribution >= 4 is 11.6 Å². The number of anilines is 1. The van der Waals surface area contributed by atoms with Gasteiger partial charge in [0.1, 0.15) is 0 Å². The van der Waals surface area contributed by atoms with Gasteiger partial charge in [-0.1, -0.05) is 19.9 Å². The molecule has 29 heavy (non-hydrogen) atoms. The van der Waals surface area contributed by atoms with Gasteiger partial charge in [0.05, 0.1) is 24.6 Å². The number of carbonyl (C=O) groups is 1. The average molecular weight is 402 g/mol. The predicted molar refractivity (Wildman–Crippen MR) is 103 cm³/mol. The summed E-state index contributed by atoms with van der Waals surface area (Å²) >= 11 is 0. The summed E-state index contributed by atoms with van der Waals surface area (Å²) in [5.74, 6) is 0.105. The summed E-state index contributed by atoms with van der Waals surface area (Å²) in [5, 5.41) is 6.99. The molecule has 0 atom stereocenters. The third kappa shape index (κ3) is 4.50. The number of nitrogens with one attached hydrogen (secondary N) is 1. The smallest absolute Gasteiger partial charge is 0.387 e. The maximum atomic E-state index is 12.9. The minimum atomic E-state index is -3.01. The molecule has 0 fully saturated rings. The topological polar surface area (TPSA) is 78.3 Å². The summed E-state index contributed by atoms with van der Waals surface area (Å²) in [6.07, 6.45) is 3.10. The molecule has 0 radical (unpaired) electrons. The van der Waals surface area contributed by atoms with Crippen LogP contribution in [0.4, 0.5) is 14.5 Å². The molecule has 1 N–H and O–H groups in total. The number of pyridine rings is 1. The van der Waals surface area contributed by atoms with Crippen LogP contribution in [0.2, 0.25) is 0 Å². The first-order valence-corrected chi connectivity index (χ1v) is 8.84. The molecule has 7 nitrogen and oxygen atoms in total. The van der Waals surface area contributed by atoms with Crippen LogP contribution in [-0.4, -0.2) is 34.4 Å². The summed E-state index contributed by atoms with van der Waals surface area (Å²) in [6, 6.07) is 9.66. The SMILES string of the molecule is COc1ccc(NC(=O)c2cnn(-c3ccccn3)c2C(C)C)cc1OC(F)F. The maximum absolute atomic E-state index is 12.9. The predicted octanol–water partition coefficient (Wildman–Crippen LogP) is 4.25. The van der Waals surface area contributed by atoms with Crippen molar-refractivity contribution in [1.82, 2.24) is 14.8 Å². The molecule has 0 saturated carbocycles. The van der Waals surface area contributed by atoms with Gasteiger partial charge in [0.25, 0.3) is 5.91 Å². The lowest BCUT2D eigenvalue weighted by molar-refractivity contribution is -0.0511. The van der Waals surface area contributed by atoms with E-state index >= 15 is 0 Å². The second-order valence-corrected chi connectivity index (χ2v) is 6.40. The van der Waals surface area contributed by atoms with Crippen LogP contribution in [0.1, 0.15) is 35.8 Å². The van der Waals surface area contributed by atoms with Gasteiger partial charge in [-0.25, -0.2) is 9.67 Å². The van der Waals surface area contributed by atoms with Crippen molar-refractivity contribution in [2.75, 3.05) is 12.4 Å². The van der Waals surface area contributed by atoms with E-state index in [9.17, 15) is 13.6 Å². The van der Waals surface area contributed by atoms with E-state index in [1.807, 2.05) is 19.9 Å². The minimum Gasteiger partial charge on any atom is -0.493 e. The van der Waals surface area contributed by atoms with Gasteiger partial charge in [0.2, 0.25) is 0 Å². The molecule has 3 rings (SSSR count). The number of benzene rings is 1. The third-order valence-corrected chi connectivity index (χ3v) is 4.10. The molecule has 1 aromatic carbocycles. The van der Waals surface area contributed by atoms with Crippen molar-refractivity contribution in [2.24, 2.45) is 0 Å². The summed E-state index contributed by atoms with van der Waals surface area (Å²) in [5.41, 5.74) is 1.32. The fourth-order valence-electron chi connectivity index (χ4n) is 2.89. The highest BCUT2D eigenvalue weighted by molar-refractivity contribution is 6.05. The number of amides is 1. The molecule has 0 unspecified atom stereocenters. The van der Waals surface area contributed by atoms with Crippen LogP contribution < -0.4 is 14.8 Å². The van der Waals surface area contributed by atoms with Crippen LogP contribution >= 0.6 is 0 Å². The standard InChI is InChI=1S/C20H20F2N4O3/c1-12(2)18-14(11-24-26(18)17-6-4-5-9-23-17)19(27)25-13-7-8-15(28-3)16(10-13)29-20(21)22/h4-12,20H,1-3H3,(H,25,27). The Morgan fingerprint density at radius 3 is 2.59 bits per heavy atom. The van der Waals surface area contributed by atoms with Crippen molar-refractivity contribution in [2.45, 2.75) is 26.4 Å². The summed E-state index contributed by atoms with van der Waals surface area (Å²) in [7, 11) is 1.34. The van der Waals surface area contributed by atoms with E-state index in [1.54, 1.807) is 23.0 Å². The molecule has 0 aliphatic carbocycles. The Labute approximate surface area is 166 Å². The molecular formula is C20H20F2N4O3. The van der Waals surface area contributed by atoms with E-state index in [1.165, 1.54) is 31.5 Å². The molecule has 0 spiro atoms. The van der Waals surface area contributed by atoms with Gasteiger partial charge < -0.3 is 14.8 Å². The van der Waals surface area contributed by atoms with Gasteiger partial charge in [0, 0.05) is 18.0 Å². The number of aromatic nitrogens is 3. The molecule has 2 heterocycles. The van der Waals surface area contributed by atoms with Crippen molar-refractivity contribution in [3.8, 4) is 17.3 Å². The fraction of sp³-hybridized carbons (Fsp3) is 0.250. The number of halogens is 2. The number of ether oxygens (including phenoxy) is 2. The first-order chi connectivity index (χ1) is 13.9. The number of rotatable bonds is 7. The number of nitrogens with zero attached hydrogens (tertiary/aromatic N) is 3. The molecule has 3 aromatic rings. The van der Waals surface area contributed by atoms with E-state index < -0.39 is 12.5 Å². The zero-order valence-electron chi connectivity index (χ0n) is 16.1. The zero-order valence-corrected chi connectivity index (χ0v) is 16.1. The molecule has 2 aromatic heterocycles. The van der Waals surface area contributed by atoms with E-state index in [0.29, 0.717) is 17.1 Å². The van der Waals surface area contributed by atoms with E-state index in [4.69, 9.17) is 4.74 Å². The normalized spacial score (nSPS) is 11.0. The van der Waals surface area contributed by atoms with Crippen molar-refractivity contribution in [3.05, 3.63) is 60.0 Å². The van der Waals surface area contributed by atoms with Crippen LogP contribution in [0.3, 0.4) is 0 Å². The molecule has 9 heteroatoms. The van der Waals surface area contributed by atoms with Gasteiger partial charge in [-0.2, -0.15) is 13.9 Å². The second-order valence-electron chi connectivity index (χ2n) is 6.40. The Kier molecular flexibility index (Phi) is 6.06. The van der Waals surface area contributed by atoms with E-state index in [-0.39, 0.29) is 23.1 Å². The van der Waals surface area contributed by atoms with Gasteiger partial charge in [0.15, 0.2) is 17.3 Å². The Hall–Kier alpha value is -3.49. The Bertz CT molecular complexity index is 991. The van der Waals surface area contributed by atoms with E-state index in [0.717, 1.165) is 0 Å². The Balaban J connectivity index is 1.91. The molecular weight excluding hydrogens is 382 g/mol. The summed E-state index contributed by atoms with van der Waals surface area (Å²) in [4.78, 5) is 17.1. The van der Waals surface area contributed by atoms with Crippen molar-refractivity contribution < 1.29 is 23.0 Å². The van der Waals surface area contributed by atoms with Gasteiger partial charge >= 0.3 is 6.61 Å². The first kappa shape index (κ1) is 20.2. The second kappa shape index (κ2) is 8.68. The van der Waals surface area contributed by atoms with Crippen molar-refractivity contribution in [1.29, 1.82) is 0 Å². The van der Waals surface area contributed by atoms with Gasteiger partial charge in [-0.05, 0) is 30.2 Å². The van der Waals surface area contributed by atoms with Gasteiger partial charge in [-0.3, -0.25) is 4.79 Å². The van der Waals surface area contributed by atoms with Crippen molar-refractivity contribution in [3.63, 3.8) is 0 Å².